The third-order valence-electron chi connectivity index (χ3n) is 3.63. The monoisotopic (exact) mass is 342 g/mol. The topological polar surface area (TPSA) is 63.4 Å². The minimum atomic E-state index is -0.553. The van der Waals surface area contributed by atoms with Crippen LogP contribution in [0.2, 0.25) is 5.02 Å². The summed E-state index contributed by atoms with van der Waals surface area (Å²) in [4.78, 5) is 25.3. The molecule has 24 heavy (non-hydrogen) atoms. The zero-order valence-corrected chi connectivity index (χ0v) is 14.1. The molecule has 2 amide bonds. The highest BCUT2D eigenvalue weighted by molar-refractivity contribution is 6.30. The van der Waals surface area contributed by atoms with Gasteiger partial charge < -0.3 is 10.6 Å². The van der Waals surface area contributed by atoms with Crippen molar-refractivity contribution in [1.82, 2.24) is 4.90 Å². The first-order valence-corrected chi connectivity index (χ1v) is 7.92. The van der Waals surface area contributed by atoms with Crippen LogP contribution in [-0.2, 0) is 9.59 Å². The summed E-state index contributed by atoms with van der Waals surface area (Å²) in [7, 11) is 0. The second-order valence-corrected chi connectivity index (χ2v) is 5.84. The van der Waals surface area contributed by atoms with Gasteiger partial charge in [0, 0.05) is 11.1 Å². The number of primary amides is 1. The van der Waals surface area contributed by atoms with Gasteiger partial charge in [0.25, 0.3) is 0 Å². The lowest BCUT2D eigenvalue weighted by Crippen LogP contribution is -2.39. The lowest BCUT2D eigenvalue weighted by Gasteiger charge is -2.27. The van der Waals surface area contributed by atoms with Gasteiger partial charge in [0.2, 0.25) is 11.8 Å². The first kappa shape index (κ1) is 17.8. The Morgan fingerprint density at radius 3 is 2.50 bits per heavy atom. The van der Waals surface area contributed by atoms with Crippen LogP contribution >= 0.6 is 11.6 Å². The number of carbonyl (C=O) groups is 2. The van der Waals surface area contributed by atoms with E-state index in [0.29, 0.717) is 5.02 Å². The predicted molar refractivity (Wildman–Crippen MR) is 96.3 cm³/mol. The number of benzene rings is 2. The molecule has 4 nitrogen and oxygen atoms in total. The number of halogens is 1. The van der Waals surface area contributed by atoms with Crippen molar-refractivity contribution in [1.29, 1.82) is 0 Å². The molecule has 1 atom stereocenters. The Morgan fingerprint density at radius 1 is 1.17 bits per heavy atom. The molecule has 0 fully saturated rings. The van der Waals surface area contributed by atoms with Crippen LogP contribution in [-0.4, -0.2) is 23.3 Å². The van der Waals surface area contributed by atoms with E-state index in [9.17, 15) is 9.59 Å². The quantitative estimate of drug-likeness (QED) is 0.817. The van der Waals surface area contributed by atoms with Gasteiger partial charge in [-0.3, -0.25) is 9.59 Å². The zero-order chi connectivity index (χ0) is 17.5. The molecule has 124 valence electrons. The van der Waals surface area contributed by atoms with Crippen molar-refractivity contribution >= 4 is 29.5 Å². The molecule has 2 N–H and O–H groups in total. The molecular formula is C19H19ClN2O2. The van der Waals surface area contributed by atoms with Crippen LogP contribution in [0.1, 0.15) is 24.1 Å². The number of nitrogens with two attached hydrogens (primary N) is 1. The van der Waals surface area contributed by atoms with Crippen LogP contribution in [0.5, 0.6) is 0 Å². The van der Waals surface area contributed by atoms with Crippen LogP contribution in [0.3, 0.4) is 0 Å². The van der Waals surface area contributed by atoms with E-state index in [1.54, 1.807) is 24.3 Å². The fourth-order valence-corrected chi connectivity index (χ4v) is 2.56. The Hall–Kier alpha value is -2.59. The standard InChI is InChI=1S/C19H19ClN2O2/c1-14(16-7-3-2-4-8-16)22(13-18(21)23)19(24)11-10-15-6-5-9-17(20)12-15/h2-12,14H,13H2,1H3,(H2,21,23)/t14-/m1/s1. The van der Waals surface area contributed by atoms with Crippen LogP contribution in [0.15, 0.2) is 60.7 Å². The van der Waals surface area contributed by atoms with E-state index in [-0.39, 0.29) is 18.5 Å². The average molecular weight is 343 g/mol. The molecular weight excluding hydrogens is 324 g/mol. The van der Waals surface area contributed by atoms with Crippen molar-refractivity contribution in [3.8, 4) is 0 Å². The van der Waals surface area contributed by atoms with E-state index in [1.165, 1.54) is 11.0 Å². The van der Waals surface area contributed by atoms with Crippen molar-refractivity contribution < 1.29 is 9.59 Å². The van der Waals surface area contributed by atoms with Gasteiger partial charge in [-0.1, -0.05) is 54.1 Å². The SMILES string of the molecule is C[C@H](c1ccccc1)N(CC(N)=O)C(=O)C=Cc1cccc(Cl)c1. The highest BCUT2D eigenvalue weighted by atomic mass is 35.5. The molecule has 2 rings (SSSR count). The third-order valence-corrected chi connectivity index (χ3v) is 3.86. The maximum Gasteiger partial charge on any atom is 0.247 e. The molecule has 0 saturated carbocycles. The van der Waals surface area contributed by atoms with E-state index >= 15 is 0 Å². The number of hydrogen-bond acceptors (Lipinski definition) is 2. The van der Waals surface area contributed by atoms with Crippen molar-refractivity contribution in [2.24, 2.45) is 5.73 Å². The van der Waals surface area contributed by atoms with Crippen molar-refractivity contribution in [2.45, 2.75) is 13.0 Å². The smallest absolute Gasteiger partial charge is 0.247 e. The molecule has 0 aliphatic carbocycles. The Kier molecular flexibility index (Phi) is 6.15. The Balaban J connectivity index is 2.20. The van der Waals surface area contributed by atoms with Crippen LogP contribution in [0, 0.1) is 0 Å². The van der Waals surface area contributed by atoms with Gasteiger partial charge in [-0.05, 0) is 36.3 Å². The number of nitrogens with zero attached hydrogens (tertiary/aromatic N) is 1. The molecule has 0 bridgehead atoms. The second-order valence-electron chi connectivity index (χ2n) is 5.41. The van der Waals surface area contributed by atoms with Crippen LogP contribution in [0.25, 0.3) is 6.08 Å². The molecule has 0 aliphatic rings. The molecule has 0 saturated heterocycles. The molecule has 0 aliphatic heterocycles. The molecule has 5 heteroatoms. The van der Waals surface area contributed by atoms with E-state index in [1.807, 2.05) is 43.3 Å². The van der Waals surface area contributed by atoms with E-state index in [0.717, 1.165) is 11.1 Å². The number of hydrogen-bond donors (Lipinski definition) is 1. The highest BCUT2D eigenvalue weighted by Gasteiger charge is 2.21. The highest BCUT2D eigenvalue weighted by Crippen LogP contribution is 2.20. The van der Waals surface area contributed by atoms with Gasteiger partial charge in [-0.15, -0.1) is 0 Å². The fourth-order valence-electron chi connectivity index (χ4n) is 2.36. The Bertz CT molecular complexity index is 744. The van der Waals surface area contributed by atoms with E-state index < -0.39 is 5.91 Å². The summed E-state index contributed by atoms with van der Waals surface area (Å²) in [5, 5.41) is 0.594. The summed E-state index contributed by atoms with van der Waals surface area (Å²) in [6, 6.07) is 16.4. The third kappa shape index (κ3) is 4.96. The lowest BCUT2D eigenvalue weighted by molar-refractivity contribution is -0.133. The van der Waals surface area contributed by atoms with Crippen LogP contribution < -0.4 is 5.73 Å². The summed E-state index contributed by atoms with van der Waals surface area (Å²) >= 11 is 5.93. The summed E-state index contributed by atoms with van der Waals surface area (Å²) < 4.78 is 0. The Morgan fingerprint density at radius 2 is 1.88 bits per heavy atom. The molecule has 0 heterocycles. The van der Waals surface area contributed by atoms with Crippen molar-refractivity contribution in [2.75, 3.05) is 6.54 Å². The summed E-state index contributed by atoms with van der Waals surface area (Å²) in [5.74, 6) is -0.840. The largest absolute Gasteiger partial charge is 0.368 e. The summed E-state index contributed by atoms with van der Waals surface area (Å²) in [5.41, 5.74) is 7.04. The van der Waals surface area contributed by atoms with Gasteiger partial charge in [0.1, 0.15) is 6.54 Å². The van der Waals surface area contributed by atoms with Crippen molar-refractivity contribution in [3.63, 3.8) is 0 Å². The van der Waals surface area contributed by atoms with Gasteiger partial charge in [0.15, 0.2) is 0 Å². The Labute approximate surface area is 146 Å². The van der Waals surface area contributed by atoms with E-state index in [4.69, 9.17) is 17.3 Å². The van der Waals surface area contributed by atoms with Gasteiger partial charge >= 0.3 is 0 Å². The van der Waals surface area contributed by atoms with Crippen molar-refractivity contribution in [3.05, 3.63) is 76.8 Å². The van der Waals surface area contributed by atoms with Gasteiger partial charge in [0.05, 0.1) is 6.04 Å². The number of carbonyl (C=O) groups excluding carboxylic acids is 2. The average Bonchev–Trinajstić information content (AvgIpc) is 2.57. The summed E-state index contributed by atoms with van der Waals surface area (Å²) in [6.07, 6.45) is 3.09. The maximum absolute atomic E-state index is 12.6. The van der Waals surface area contributed by atoms with Gasteiger partial charge in [-0.2, -0.15) is 0 Å². The second kappa shape index (κ2) is 8.31. The minimum Gasteiger partial charge on any atom is -0.368 e. The fraction of sp³-hybridized carbons (Fsp3) is 0.158. The molecule has 0 unspecified atom stereocenters. The lowest BCUT2D eigenvalue weighted by atomic mass is 10.1. The number of rotatable bonds is 6. The first-order valence-electron chi connectivity index (χ1n) is 7.55. The normalized spacial score (nSPS) is 12.1. The van der Waals surface area contributed by atoms with E-state index in [2.05, 4.69) is 0 Å². The summed E-state index contributed by atoms with van der Waals surface area (Å²) in [6.45, 7) is 1.72. The predicted octanol–water partition coefficient (Wildman–Crippen LogP) is 3.43. The molecule has 0 radical (unpaired) electrons. The minimum absolute atomic E-state index is 0.144. The van der Waals surface area contributed by atoms with Crippen LogP contribution in [0.4, 0.5) is 0 Å². The molecule has 0 aromatic heterocycles. The van der Waals surface area contributed by atoms with Gasteiger partial charge in [-0.25, -0.2) is 0 Å². The molecule has 2 aromatic rings. The molecule has 0 spiro atoms. The zero-order valence-electron chi connectivity index (χ0n) is 13.4. The molecule has 2 aromatic carbocycles. The number of amides is 2. The first-order chi connectivity index (χ1) is 11.5. The maximum atomic E-state index is 12.6.